The second-order valence-corrected chi connectivity index (χ2v) is 6.10. The lowest BCUT2D eigenvalue weighted by molar-refractivity contribution is -0.136. The molecule has 1 fully saturated rings. The number of nitrogens with zero attached hydrogens (tertiary/aromatic N) is 2. The third-order valence-corrected chi connectivity index (χ3v) is 4.21. The Kier molecular flexibility index (Phi) is 5.60. The van der Waals surface area contributed by atoms with Gasteiger partial charge in [0, 0.05) is 19.1 Å². The maximum Gasteiger partial charge on any atom is 0.239 e. The summed E-state index contributed by atoms with van der Waals surface area (Å²) >= 11 is 0. The molecule has 0 aromatic carbocycles. The second kappa shape index (κ2) is 6.53. The first-order valence-electron chi connectivity index (χ1n) is 7.05. The van der Waals surface area contributed by atoms with Crippen LogP contribution in [0.15, 0.2) is 0 Å². The summed E-state index contributed by atoms with van der Waals surface area (Å²) in [5.41, 5.74) is 5.98. The van der Waals surface area contributed by atoms with Crippen molar-refractivity contribution in [1.29, 1.82) is 0 Å². The molecule has 1 rings (SSSR count). The summed E-state index contributed by atoms with van der Waals surface area (Å²) < 4.78 is 0. The summed E-state index contributed by atoms with van der Waals surface area (Å²) in [5, 5.41) is 0. The fourth-order valence-corrected chi connectivity index (χ4v) is 2.83. The molecule has 1 aliphatic carbocycles. The number of likely N-dealkylation sites (N-methyl/N-ethyl adjacent to an activating group) is 2. The molecule has 0 aliphatic heterocycles. The molecule has 106 valence electrons. The number of hydrogen-bond donors (Lipinski definition) is 1. The molecule has 1 saturated carbocycles. The van der Waals surface area contributed by atoms with E-state index < -0.39 is 0 Å². The molecule has 1 amide bonds. The van der Waals surface area contributed by atoms with Gasteiger partial charge in [-0.15, -0.1) is 0 Å². The lowest BCUT2D eigenvalue weighted by atomic mass is 9.88. The third kappa shape index (κ3) is 3.45. The van der Waals surface area contributed by atoms with Crippen molar-refractivity contribution in [2.45, 2.75) is 57.7 Å². The van der Waals surface area contributed by atoms with Crippen LogP contribution in [-0.2, 0) is 4.79 Å². The molecule has 18 heavy (non-hydrogen) atoms. The Balaban J connectivity index is 2.74. The topological polar surface area (TPSA) is 49.6 Å². The van der Waals surface area contributed by atoms with Crippen molar-refractivity contribution in [3.63, 3.8) is 0 Å². The van der Waals surface area contributed by atoms with E-state index in [1.807, 2.05) is 25.8 Å². The van der Waals surface area contributed by atoms with Crippen LogP contribution in [0.25, 0.3) is 0 Å². The summed E-state index contributed by atoms with van der Waals surface area (Å²) in [4.78, 5) is 16.5. The molecule has 0 bridgehead atoms. The molecule has 0 spiro atoms. The highest BCUT2D eigenvalue weighted by Crippen LogP contribution is 2.26. The van der Waals surface area contributed by atoms with Crippen LogP contribution in [0.5, 0.6) is 0 Å². The molecular formula is C14H29N3O. The number of rotatable bonds is 4. The predicted molar refractivity (Wildman–Crippen MR) is 75.3 cm³/mol. The highest BCUT2D eigenvalue weighted by atomic mass is 16.2. The van der Waals surface area contributed by atoms with Gasteiger partial charge in [0.25, 0.3) is 0 Å². The SMILES string of the molecule is CC(C)C(N)C(=O)N(C)[C@H]1CCCCC1N(C)C. The fraction of sp³-hybridized carbons (Fsp3) is 0.929. The Morgan fingerprint density at radius 3 is 2.06 bits per heavy atom. The highest BCUT2D eigenvalue weighted by Gasteiger charge is 2.34. The van der Waals surface area contributed by atoms with E-state index in [1.165, 1.54) is 19.3 Å². The van der Waals surface area contributed by atoms with Crippen LogP contribution in [0.2, 0.25) is 0 Å². The van der Waals surface area contributed by atoms with Gasteiger partial charge in [0.1, 0.15) is 0 Å². The zero-order valence-electron chi connectivity index (χ0n) is 12.5. The molecular weight excluding hydrogens is 226 g/mol. The third-order valence-electron chi connectivity index (χ3n) is 4.21. The predicted octanol–water partition coefficient (Wildman–Crippen LogP) is 1.30. The van der Waals surface area contributed by atoms with Gasteiger partial charge < -0.3 is 15.5 Å². The number of carbonyl (C=O) groups is 1. The van der Waals surface area contributed by atoms with E-state index in [9.17, 15) is 4.79 Å². The Hall–Kier alpha value is -0.610. The second-order valence-electron chi connectivity index (χ2n) is 6.10. The summed E-state index contributed by atoms with van der Waals surface area (Å²) in [6.45, 7) is 4.00. The van der Waals surface area contributed by atoms with Crippen LogP contribution in [0.4, 0.5) is 0 Å². The first-order valence-corrected chi connectivity index (χ1v) is 7.05. The van der Waals surface area contributed by atoms with Gasteiger partial charge >= 0.3 is 0 Å². The molecule has 1 aliphatic rings. The minimum Gasteiger partial charge on any atom is -0.340 e. The Labute approximate surface area is 111 Å². The summed E-state index contributed by atoms with van der Waals surface area (Å²) in [6, 6.07) is 0.401. The highest BCUT2D eigenvalue weighted by molar-refractivity contribution is 5.82. The number of hydrogen-bond acceptors (Lipinski definition) is 3. The molecule has 0 heterocycles. The van der Waals surface area contributed by atoms with Crippen molar-refractivity contribution in [2.75, 3.05) is 21.1 Å². The standard InChI is InChI=1S/C14H29N3O/c1-10(2)13(15)14(18)17(5)12-9-7-6-8-11(12)16(3)4/h10-13H,6-9,15H2,1-5H3/t11?,12-,13?/m0/s1. The van der Waals surface area contributed by atoms with Gasteiger partial charge in [-0.05, 0) is 32.9 Å². The van der Waals surface area contributed by atoms with Crippen molar-refractivity contribution in [1.82, 2.24) is 9.80 Å². The quantitative estimate of drug-likeness (QED) is 0.824. The van der Waals surface area contributed by atoms with Gasteiger partial charge in [0.15, 0.2) is 0 Å². The maximum atomic E-state index is 12.3. The van der Waals surface area contributed by atoms with Crippen molar-refractivity contribution in [2.24, 2.45) is 11.7 Å². The van der Waals surface area contributed by atoms with E-state index in [1.54, 1.807) is 0 Å². The first-order chi connectivity index (χ1) is 8.36. The van der Waals surface area contributed by atoms with Gasteiger partial charge in [0.2, 0.25) is 5.91 Å². The van der Waals surface area contributed by atoms with Gasteiger partial charge in [-0.2, -0.15) is 0 Å². The molecule has 3 atom stereocenters. The van der Waals surface area contributed by atoms with Crippen molar-refractivity contribution in [3.05, 3.63) is 0 Å². The zero-order chi connectivity index (χ0) is 13.9. The largest absolute Gasteiger partial charge is 0.340 e. The van der Waals surface area contributed by atoms with Gasteiger partial charge in [-0.25, -0.2) is 0 Å². The lowest BCUT2D eigenvalue weighted by Crippen LogP contribution is -2.56. The fourth-order valence-electron chi connectivity index (χ4n) is 2.83. The molecule has 4 nitrogen and oxygen atoms in total. The van der Waals surface area contributed by atoms with Gasteiger partial charge in [-0.1, -0.05) is 26.7 Å². The molecule has 2 unspecified atom stereocenters. The van der Waals surface area contributed by atoms with Crippen molar-refractivity contribution < 1.29 is 4.79 Å². The van der Waals surface area contributed by atoms with Crippen molar-refractivity contribution in [3.8, 4) is 0 Å². The summed E-state index contributed by atoms with van der Waals surface area (Å²) in [7, 11) is 6.12. The lowest BCUT2D eigenvalue weighted by Gasteiger charge is -2.42. The van der Waals surface area contributed by atoms with E-state index in [4.69, 9.17) is 5.73 Å². The van der Waals surface area contributed by atoms with Crippen LogP contribution in [-0.4, -0.2) is 55.0 Å². The Morgan fingerprint density at radius 1 is 1.11 bits per heavy atom. The van der Waals surface area contributed by atoms with E-state index in [2.05, 4.69) is 19.0 Å². The molecule has 0 aromatic rings. The average molecular weight is 255 g/mol. The van der Waals surface area contributed by atoms with Crippen LogP contribution < -0.4 is 5.73 Å². The Morgan fingerprint density at radius 2 is 1.61 bits per heavy atom. The summed E-state index contributed by atoms with van der Waals surface area (Å²) in [6.07, 6.45) is 4.74. The van der Waals surface area contributed by atoms with E-state index in [-0.39, 0.29) is 17.9 Å². The summed E-state index contributed by atoms with van der Waals surface area (Å²) in [5.74, 6) is 0.282. The molecule has 0 aromatic heterocycles. The van der Waals surface area contributed by atoms with Crippen LogP contribution in [0.1, 0.15) is 39.5 Å². The first kappa shape index (κ1) is 15.4. The van der Waals surface area contributed by atoms with Gasteiger partial charge in [-0.3, -0.25) is 4.79 Å². The van der Waals surface area contributed by atoms with Crippen molar-refractivity contribution >= 4 is 5.91 Å². The van der Waals surface area contributed by atoms with E-state index in [0.29, 0.717) is 12.1 Å². The number of carbonyl (C=O) groups excluding carboxylic acids is 1. The Bertz CT molecular complexity index is 278. The normalized spacial score (nSPS) is 26.4. The van der Waals surface area contributed by atoms with Crippen LogP contribution in [0, 0.1) is 5.92 Å². The maximum absolute atomic E-state index is 12.3. The monoisotopic (exact) mass is 255 g/mol. The smallest absolute Gasteiger partial charge is 0.239 e. The average Bonchev–Trinajstić information content (AvgIpc) is 2.35. The number of amides is 1. The molecule has 0 saturated heterocycles. The van der Waals surface area contributed by atoms with Crippen LogP contribution >= 0.6 is 0 Å². The minimum absolute atomic E-state index is 0.0868. The van der Waals surface area contributed by atoms with Gasteiger partial charge in [0.05, 0.1) is 6.04 Å². The zero-order valence-corrected chi connectivity index (χ0v) is 12.5. The molecule has 0 radical (unpaired) electrons. The molecule has 2 N–H and O–H groups in total. The number of nitrogens with two attached hydrogens (primary N) is 1. The molecule has 4 heteroatoms. The van der Waals surface area contributed by atoms with E-state index in [0.717, 1.165) is 6.42 Å². The minimum atomic E-state index is -0.375. The van der Waals surface area contributed by atoms with E-state index >= 15 is 0 Å². The van der Waals surface area contributed by atoms with Crippen LogP contribution in [0.3, 0.4) is 0 Å².